The van der Waals surface area contributed by atoms with Gasteiger partial charge in [-0.3, -0.25) is 9.59 Å². The minimum Gasteiger partial charge on any atom is -0.493 e. The zero-order valence-electron chi connectivity index (χ0n) is 20.8. The zero-order chi connectivity index (χ0) is 25.7. The fraction of sp³-hybridized carbons (Fsp3) is 0.250. The Morgan fingerprint density at radius 2 is 1.97 bits per heavy atom. The van der Waals surface area contributed by atoms with E-state index in [0.717, 1.165) is 5.56 Å². The number of hydrogen-bond acceptors (Lipinski definition) is 6. The predicted molar refractivity (Wildman–Crippen MR) is 137 cm³/mol. The lowest BCUT2D eigenvalue weighted by atomic mass is 9.94. The van der Waals surface area contributed by atoms with Crippen molar-refractivity contribution in [1.29, 1.82) is 0 Å². The van der Waals surface area contributed by atoms with E-state index in [9.17, 15) is 9.59 Å². The van der Waals surface area contributed by atoms with E-state index in [1.54, 1.807) is 37.4 Å². The zero-order valence-corrected chi connectivity index (χ0v) is 20.8. The van der Waals surface area contributed by atoms with Crippen molar-refractivity contribution in [1.82, 2.24) is 9.88 Å². The Labute approximate surface area is 210 Å². The van der Waals surface area contributed by atoms with Crippen molar-refractivity contribution in [3.63, 3.8) is 0 Å². The third kappa shape index (κ3) is 5.66. The molecule has 0 fully saturated rings. The molecule has 1 aromatic heterocycles. The first-order valence-corrected chi connectivity index (χ1v) is 11.5. The number of aromatic nitrogens is 1. The highest BCUT2D eigenvalue weighted by molar-refractivity contribution is 5.96. The Hall–Kier alpha value is -4.33. The summed E-state index contributed by atoms with van der Waals surface area (Å²) in [7, 11) is 3.30. The number of carbonyl (C=O) groups is 2. The number of ether oxygens (including phenoxy) is 3. The number of pyridine rings is 1. The first-order valence-electron chi connectivity index (χ1n) is 11.5. The first kappa shape index (κ1) is 24.8. The number of fused-ring (bicyclic) bond motifs is 1. The standard InChI is InChI=1S/C28H29N3O5/c1-28(2)18-35-23-15-19(16-29-26(23)30-27(28)33)13-14-24(32)31(3)17-20-9-8-12-22(34-4)25(20)36-21-10-6-5-7-11-21/h5-16H,17-18H2,1-4H3,(H,29,30,33)/b14-13+. The molecule has 0 atom stereocenters. The van der Waals surface area contributed by atoms with Gasteiger partial charge in [0.25, 0.3) is 0 Å². The highest BCUT2D eigenvalue weighted by Gasteiger charge is 2.32. The molecule has 8 nitrogen and oxygen atoms in total. The lowest BCUT2D eigenvalue weighted by Gasteiger charge is -2.19. The van der Waals surface area contributed by atoms with E-state index < -0.39 is 5.41 Å². The highest BCUT2D eigenvalue weighted by atomic mass is 16.5. The Morgan fingerprint density at radius 3 is 2.72 bits per heavy atom. The average molecular weight is 488 g/mol. The number of hydrogen-bond donors (Lipinski definition) is 1. The van der Waals surface area contributed by atoms with E-state index in [0.29, 0.717) is 40.9 Å². The molecule has 0 spiro atoms. The van der Waals surface area contributed by atoms with Crippen LogP contribution in [0.2, 0.25) is 0 Å². The monoisotopic (exact) mass is 487 g/mol. The van der Waals surface area contributed by atoms with Gasteiger partial charge in [0.1, 0.15) is 12.4 Å². The van der Waals surface area contributed by atoms with Crippen LogP contribution in [0, 0.1) is 5.41 Å². The van der Waals surface area contributed by atoms with Crippen molar-refractivity contribution in [2.45, 2.75) is 20.4 Å². The van der Waals surface area contributed by atoms with Crippen LogP contribution in [0.15, 0.2) is 66.9 Å². The van der Waals surface area contributed by atoms with Crippen LogP contribution in [0.5, 0.6) is 23.0 Å². The molecule has 186 valence electrons. The van der Waals surface area contributed by atoms with Crippen molar-refractivity contribution < 1.29 is 23.8 Å². The minimum absolute atomic E-state index is 0.151. The second-order valence-corrected chi connectivity index (χ2v) is 9.13. The second kappa shape index (κ2) is 10.5. The lowest BCUT2D eigenvalue weighted by Crippen LogP contribution is -2.33. The van der Waals surface area contributed by atoms with Gasteiger partial charge in [-0.2, -0.15) is 0 Å². The largest absolute Gasteiger partial charge is 0.493 e. The lowest BCUT2D eigenvalue weighted by molar-refractivity contribution is -0.125. The smallest absolute Gasteiger partial charge is 0.246 e. The van der Waals surface area contributed by atoms with Gasteiger partial charge in [-0.15, -0.1) is 0 Å². The van der Waals surface area contributed by atoms with Gasteiger partial charge in [0, 0.05) is 31.4 Å². The van der Waals surface area contributed by atoms with E-state index in [-0.39, 0.29) is 18.4 Å². The van der Waals surface area contributed by atoms with Gasteiger partial charge in [0.05, 0.1) is 12.5 Å². The molecule has 8 heteroatoms. The molecule has 1 N–H and O–H groups in total. The number of likely N-dealkylation sites (N-methyl/N-ethyl adjacent to an activating group) is 1. The van der Waals surface area contributed by atoms with Crippen LogP contribution < -0.4 is 19.5 Å². The minimum atomic E-state index is -0.668. The Bertz CT molecular complexity index is 1290. The van der Waals surface area contributed by atoms with E-state index in [1.165, 1.54) is 6.08 Å². The summed E-state index contributed by atoms with van der Waals surface area (Å²) < 4.78 is 17.4. The molecule has 4 rings (SSSR count). The summed E-state index contributed by atoms with van der Waals surface area (Å²) in [6, 6.07) is 16.7. The molecule has 0 saturated heterocycles. The van der Waals surface area contributed by atoms with Crippen LogP contribution in [0.4, 0.5) is 5.82 Å². The summed E-state index contributed by atoms with van der Waals surface area (Å²) in [5.74, 6) is 2.31. The molecule has 2 amide bonds. The molecular weight excluding hydrogens is 458 g/mol. The molecule has 0 bridgehead atoms. The van der Waals surface area contributed by atoms with E-state index in [4.69, 9.17) is 14.2 Å². The fourth-order valence-corrected chi connectivity index (χ4v) is 3.55. The van der Waals surface area contributed by atoms with Gasteiger partial charge in [0.2, 0.25) is 11.8 Å². The predicted octanol–water partition coefficient (Wildman–Crippen LogP) is 4.91. The van der Waals surface area contributed by atoms with Gasteiger partial charge in [-0.1, -0.05) is 30.3 Å². The summed E-state index contributed by atoms with van der Waals surface area (Å²) in [6.07, 6.45) is 4.72. The maximum atomic E-state index is 12.9. The van der Waals surface area contributed by atoms with Crippen molar-refractivity contribution in [3.8, 4) is 23.0 Å². The number of carbonyl (C=O) groups excluding carboxylic acids is 2. The van der Waals surface area contributed by atoms with Gasteiger partial charge in [-0.05, 0) is 49.8 Å². The van der Waals surface area contributed by atoms with Gasteiger partial charge in [0.15, 0.2) is 23.1 Å². The number of benzene rings is 2. The van der Waals surface area contributed by atoms with E-state index >= 15 is 0 Å². The third-order valence-corrected chi connectivity index (χ3v) is 5.75. The van der Waals surface area contributed by atoms with Crippen LogP contribution in [0.25, 0.3) is 6.08 Å². The Morgan fingerprint density at radius 1 is 1.19 bits per heavy atom. The normalized spacial score (nSPS) is 14.3. The van der Waals surface area contributed by atoms with Gasteiger partial charge >= 0.3 is 0 Å². The van der Waals surface area contributed by atoms with E-state index in [2.05, 4.69) is 10.3 Å². The molecule has 36 heavy (non-hydrogen) atoms. The van der Waals surface area contributed by atoms with Crippen LogP contribution in [0.3, 0.4) is 0 Å². The molecule has 2 aromatic carbocycles. The summed E-state index contributed by atoms with van der Waals surface area (Å²) in [6.45, 7) is 4.16. The molecule has 0 aliphatic carbocycles. The summed E-state index contributed by atoms with van der Waals surface area (Å²) in [4.78, 5) is 31.0. The first-order chi connectivity index (χ1) is 17.3. The molecule has 1 aliphatic heterocycles. The average Bonchev–Trinajstić information content (AvgIpc) is 2.99. The van der Waals surface area contributed by atoms with E-state index in [1.807, 2.05) is 62.4 Å². The molecule has 0 saturated carbocycles. The van der Waals surface area contributed by atoms with Crippen LogP contribution >= 0.6 is 0 Å². The molecule has 1 aliphatic rings. The number of amides is 2. The van der Waals surface area contributed by atoms with Crippen LogP contribution in [0.1, 0.15) is 25.0 Å². The van der Waals surface area contributed by atoms with Crippen molar-refractivity contribution in [2.24, 2.45) is 5.41 Å². The summed E-state index contributed by atoms with van der Waals surface area (Å²) in [5, 5.41) is 2.79. The third-order valence-electron chi connectivity index (χ3n) is 5.75. The number of anilines is 1. The number of rotatable bonds is 7. The van der Waals surface area contributed by atoms with Gasteiger partial charge in [-0.25, -0.2) is 4.98 Å². The molecule has 0 unspecified atom stereocenters. The maximum absolute atomic E-state index is 12.9. The topological polar surface area (TPSA) is 90.0 Å². The second-order valence-electron chi connectivity index (χ2n) is 9.13. The molecule has 0 radical (unpaired) electrons. The number of methoxy groups -OCH3 is 1. The molecule has 3 aromatic rings. The number of para-hydroxylation sites is 2. The fourth-order valence-electron chi connectivity index (χ4n) is 3.55. The number of nitrogens with one attached hydrogen (secondary N) is 1. The molecular formula is C28H29N3O5. The van der Waals surface area contributed by atoms with Gasteiger partial charge < -0.3 is 24.4 Å². The van der Waals surface area contributed by atoms with Crippen molar-refractivity contribution >= 4 is 23.7 Å². The van der Waals surface area contributed by atoms with Crippen LogP contribution in [-0.4, -0.2) is 42.5 Å². The van der Waals surface area contributed by atoms with Crippen LogP contribution in [-0.2, 0) is 16.1 Å². The SMILES string of the molecule is COc1cccc(CN(C)C(=O)/C=C/c2cnc3c(c2)OCC(C)(C)C(=O)N3)c1Oc1ccccc1. The van der Waals surface area contributed by atoms with Crippen molar-refractivity contribution in [2.75, 3.05) is 26.1 Å². The Kier molecular flexibility index (Phi) is 7.24. The van der Waals surface area contributed by atoms with Crippen molar-refractivity contribution in [3.05, 3.63) is 78.0 Å². The maximum Gasteiger partial charge on any atom is 0.246 e. The summed E-state index contributed by atoms with van der Waals surface area (Å²) in [5.41, 5.74) is 0.818. The quantitative estimate of drug-likeness (QED) is 0.476. The highest BCUT2D eigenvalue weighted by Crippen LogP contribution is 2.36. The number of nitrogens with zero attached hydrogens (tertiary/aromatic N) is 2. The Balaban J connectivity index is 1.47. The molecule has 2 heterocycles. The summed E-state index contributed by atoms with van der Waals surface area (Å²) >= 11 is 0.